The molecule has 0 spiro atoms. The summed E-state index contributed by atoms with van der Waals surface area (Å²) in [6.45, 7) is 4.49. The first-order chi connectivity index (χ1) is 3.69. The Kier molecular flexibility index (Phi) is 1.29. The Labute approximate surface area is 49.5 Å². The van der Waals surface area contributed by atoms with Crippen molar-refractivity contribution in [3.63, 3.8) is 0 Å². The minimum Gasteiger partial charge on any atom is -0.365 e. The molecule has 2 unspecified atom stereocenters. The van der Waals surface area contributed by atoms with Crippen LogP contribution in [-0.4, -0.2) is 17.5 Å². The molecule has 0 bridgehead atoms. The Morgan fingerprint density at radius 2 is 2.38 bits per heavy atom. The highest BCUT2D eigenvalue weighted by atomic mass is 16.6. The van der Waals surface area contributed by atoms with Crippen LogP contribution in [0.1, 0.15) is 20.3 Å². The average molecular weight is 116 g/mol. The standard InChI is InChI=1S/C6H12O2/c1-3-8-6(7)4-5(6)2/h5,7H,3-4H2,1-2H3. The highest BCUT2D eigenvalue weighted by Gasteiger charge is 2.50. The molecule has 48 valence electrons. The van der Waals surface area contributed by atoms with Gasteiger partial charge in [-0.2, -0.15) is 0 Å². The quantitative estimate of drug-likeness (QED) is 0.539. The first kappa shape index (κ1) is 6.05. The minimum absolute atomic E-state index is 0.349. The average Bonchev–Trinajstić information content (AvgIpc) is 2.16. The van der Waals surface area contributed by atoms with Gasteiger partial charge in [-0.05, 0) is 6.92 Å². The second-order valence-electron chi connectivity index (χ2n) is 2.38. The van der Waals surface area contributed by atoms with Crippen LogP contribution in [0.25, 0.3) is 0 Å². The second kappa shape index (κ2) is 1.71. The first-order valence-corrected chi connectivity index (χ1v) is 3.05. The van der Waals surface area contributed by atoms with Gasteiger partial charge in [0.15, 0.2) is 5.79 Å². The van der Waals surface area contributed by atoms with Gasteiger partial charge in [-0.15, -0.1) is 0 Å². The molecule has 1 aliphatic carbocycles. The summed E-state index contributed by atoms with van der Waals surface area (Å²) in [5.74, 6) is -0.392. The van der Waals surface area contributed by atoms with Crippen molar-refractivity contribution in [1.82, 2.24) is 0 Å². The summed E-state index contributed by atoms with van der Waals surface area (Å²) in [5.41, 5.74) is 0. The van der Waals surface area contributed by atoms with Crippen LogP contribution in [0, 0.1) is 5.92 Å². The molecule has 2 heteroatoms. The van der Waals surface area contributed by atoms with E-state index in [9.17, 15) is 5.11 Å². The molecule has 8 heavy (non-hydrogen) atoms. The highest BCUT2D eigenvalue weighted by Crippen LogP contribution is 2.43. The van der Waals surface area contributed by atoms with Crippen LogP contribution in [0.3, 0.4) is 0 Å². The molecule has 0 aliphatic heterocycles. The van der Waals surface area contributed by atoms with Gasteiger partial charge in [0.05, 0.1) is 0 Å². The molecule has 0 aromatic heterocycles. The van der Waals surface area contributed by atoms with E-state index in [1.165, 1.54) is 0 Å². The smallest absolute Gasteiger partial charge is 0.168 e. The van der Waals surface area contributed by atoms with Crippen molar-refractivity contribution >= 4 is 0 Å². The molecule has 1 aliphatic rings. The third-order valence-electron chi connectivity index (χ3n) is 1.60. The number of aliphatic hydroxyl groups is 1. The Morgan fingerprint density at radius 1 is 1.88 bits per heavy atom. The molecule has 1 N–H and O–H groups in total. The van der Waals surface area contributed by atoms with Crippen molar-refractivity contribution in [1.29, 1.82) is 0 Å². The van der Waals surface area contributed by atoms with Crippen LogP contribution >= 0.6 is 0 Å². The van der Waals surface area contributed by atoms with Gasteiger partial charge in [0, 0.05) is 18.9 Å². The minimum atomic E-state index is -0.741. The molecule has 0 saturated heterocycles. The number of hydrogen-bond donors (Lipinski definition) is 1. The van der Waals surface area contributed by atoms with E-state index in [1.54, 1.807) is 0 Å². The van der Waals surface area contributed by atoms with E-state index in [0.717, 1.165) is 6.42 Å². The number of hydrogen-bond acceptors (Lipinski definition) is 2. The van der Waals surface area contributed by atoms with E-state index >= 15 is 0 Å². The maximum Gasteiger partial charge on any atom is 0.168 e. The Balaban J connectivity index is 2.25. The third kappa shape index (κ3) is 0.858. The SMILES string of the molecule is CCOC1(O)CC1C. The van der Waals surface area contributed by atoms with Crippen LogP contribution in [0.2, 0.25) is 0 Å². The van der Waals surface area contributed by atoms with Gasteiger partial charge in [0.1, 0.15) is 0 Å². The summed E-state index contributed by atoms with van der Waals surface area (Å²) in [7, 11) is 0. The van der Waals surface area contributed by atoms with Gasteiger partial charge in [0.25, 0.3) is 0 Å². The van der Waals surface area contributed by atoms with E-state index in [1.807, 2.05) is 13.8 Å². The lowest BCUT2D eigenvalue weighted by Crippen LogP contribution is -2.14. The molecular weight excluding hydrogens is 104 g/mol. The monoisotopic (exact) mass is 116 g/mol. The van der Waals surface area contributed by atoms with Crippen molar-refractivity contribution in [3.8, 4) is 0 Å². The van der Waals surface area contributed by atoms with Gasteiger partial charge >= 0.3 is 0 Å². The number of rotatable bonds is 2. The second-order valence-corrected chi connectivity index (χ2v) is 2.38. The molecule has 0 radical (unpaired) electrons. The largest absolute Gasteiger partial charge is 0.365 e. The van der Waals surface area contributed by atoms with Gasteiger partial charge in [-0.25, -0.2) is 0 Å². The Bertz CT molecular complexity index is 92.5. The van der Waals surface area contributed by atoms with Crippen molar-refractivity contribution < 1.29 is 9.84 Å². The zero-order chi connectivity index (χ0) is 6.20. The molecular formula is C6H12O2. The molecule has 1 fully saturated rings. The van der Waals surface area contributed by atoms with Crippen molar-refractivity contribution in [3.05, 3.63) is 0 Å². The molecule has 0 amide bonds. The van der Waals surface area contributed by atoms with Crippen LogP contribution in [0.15, 0.2) is 0 Å². The topological polar surface area (TPSA) is 29.5 Å². The summed E-state index contributed by atoms with van der Waals surface area (Å²) >= 11 is 0. The van der Waals surface area contributed by atoms with E-state index < -0.39 is 5.79 Å². The lowest BCUT2D eigenvalue weighted by Gasteiger charge is -2.06. The van der Waals surface area contributed by atoms with Gasteiger partial charge in [-0.3, -0.25) is 0 Å². The van der Waals surface area contributed by atoms with Crippen molar-refractivity contribution in [2.24, 2.45) is 5.92 Å². The third-order valence-corrected chi connectivity index (χ3v) is 1.60. The number of ether oxygens (including phenoxy) is 1. The highest BCUT2D eigenvalue weighted by molar-refractivity contribution is 4.91. The molecule has 1 rings (SSSR count). The Hall–Kier alpha value is -0.0800. The molecule has 0 heterocycles. The predicted octanol–water partition coefficient (Wildman–Crippen LogP) is 0.751. The molecule has 2 nitrogen and oxygen atoms in total. The van der Waals surface area contributed by atoms with E-state index in [0.29, 0.717) is 12.5 Å². The van der Waals surface area contributed by atoms with Crippen LogP contribution < -0.4 is 0 Å². The van der Waals surface area contributed by atoms with E-state index in [4.69, 9.17) is 4.74 Å². The van der Waals surface area contributed by atoms with E-state index in [-0.39, 0.29) is 0 Å². The fraction of sp³-hybridized carbons (Fsp3) is 1.00. The van der Waals surface area contributed by atoms with Crippen LogP contribution in [0.5, 0.6) is 0 Å². The fourth-order valence-corrected chi connectivity index (χ4v) is 0.831. The molecule has 0 aromatic rings. The van der Waals surface area contributed by atoms with E-state index in [2.05, 4.69) is 0 Å². The Morgan fingerprint density at radius 3 is 2.50 bits per heavy atom. The molecule has 2 atom stereocenters. The molecule has 0 aromatic carbocycles. The van der Waals surface area contributed by atoms with Crippen LogP contribution in [0.4, 0.5) is 0 Å². The zero-order valence-corrected chi connectivity index (χ0v) is 5.35. The zero-order valence-electron chi connectivity index (χ0n) is 5.35. The maximum atomic E-state index is 9.18. The summed E-state index contributed by atoms with van der Waals surface area (Å²) in [6, 6.07) is 0. The summed E-state index contributed by atoms with van der Waals surface area (Å²) < 4.78 is 5.01. The van der Waals surface area contributed by atoms with Crippen molar-refractivity contribution in [2.45, 2.75) is 26.1 Å². The van der Waals surface area contributed by atoms with Crippen molar-refractivity contribution in [2.75, 3.05) is 6.61 Å². The summed E-state index contributed by atoms with van der Waals surface area (Å²) in [4.78, 5) is 0. The van der Waals surface area contributed by atoms with Gasteiger partial charge < -0.3 is 9.84 Å². The van der Waals surface area contributed by atoms with Gasteiger partial charge in [-0.1, -0.05) is 6.92 Å². The lowest BCUT2D eigenvalue weighted by atomic mass is 10.5. The lowest BCUT2D eigenvalue weighted by molar-refractivity contribution is -0.130. The van der Waals surface area contributed by atoms with Gasteiger partial charge in [0.2, 0.25) is 0 Å². The summed E-state index contributed by atoms with van der Waals surface area (Å²) in [5, 5.41) is 9.18. The normalized spacial score (nSPS) is 44.6. The predicted molar refractivity (Wildman–Crippen MR) is 30.4 cm³/mol. The molecule has 1 saturated carbocycles. The maximum absolute atomic E-state index is 9.18. The summed E-state index contributed by atoms with van der Waals surface area (Å²) in [6.07, 6.45) is 0.806. The fourth-order valence-electron chi connectivity index (χ4n) is 0.831. The first-order valence-electron chi connectivity index (χ1n) is 3.05. The van der Waals surface area contributed by atoms with Crippen LogP contribution in [-0.2, 0) is 4.74 Å².